The number of nitrogens with zero attached hydrogens (tertiary/aromatic N) is 1. The number of benzene rings is 2. The normalized spacial score (nSPS) is 11.2. The Kier molecular flexibility index (Phi) is 6.57. The molecule has 2 aromatic rings. The van der Waals surface area contributed by atoms with Crippen molar-refractivity contribution in [1.29, 1.82) is 0 Å². The third-order valence-corrected chi connectivity index (χ3v) is 4.02. The number of hydrogen-bond acceptors (Lipinski definition) is 4. The summed E-state index contributed by atoms with van der Waals surface area (Å²) in [7, 11) is 3.11. The Morgan fingerprint density at radius 2 is 1.60 bits per heavy atom. The van der Waals surface area contributed by atoms with Crippen molar-refractivity contribution in [3.8, 4) is 11.5 Å². The maximum Gasteiger partial charge on any atom is 0.244 e. The monoisotopic (exact) mass is 341 g/mol. The zero-order valence-corrected chi connectivity index (χ0v) is 14.8. The lowest BCUT2D eigenvalue weighted by Gasteiger charge is -2.13. The standard InChI is InChI=1S/C20H23NO4/c1-15(21(22)23)12-18-19(24-2)13-17(14-20(18)25-3)11-7-10-16-8-5-4-6-9-16/h4-6,8-9,12-14H,7,10-11H2,1-3H3/b15-12+. The van der Waals surface area contributed by atoms with Crippen LogP contribution in [-0.2, 0) is 12.8 Å². The molecular formula is C20H23NO4. The molecule has 0 radical (unpaired) electrons. The molecule has 5 nitrogen and oxygen atoms in total. The summed E-state index contributed by atoms with van der Waals surface area (Å²) in [6, 6.07) is 14.2. The zero-order chi connectivity index (χ0) is 18.2. The van der Waals surface area contributed by atoms with E-state index in [0.717, 1.165) is 24.8 Å². The second-order valence-corrected chi connectivity index (χ2v) is 5.80. The molecule has 132 valence electrons. The van der Waals surface area contributed by atoms with E-state index in [1.807, 2.05) is 30.3 Å². The van der Waals surface area contributed by atoms with Gasteiger partial charge in [-0.15, -0.1) is 0 Å². The summed E-state index contributed by atoms with van der Waals surface area (Å²) >= 11 is 0. The Hall–Kier alpha value is -2.82. The highest BCUT2D eigenvalue weighted by molar-refractivity contribution is 5.66. The van der Waals surface area contributed by atoms with E-state index in [-0.39, 0.29) is 5.70 Å². The fourth-order valence-corrected chi connectivity index (χ4v) is 2.68. The van der Waals surface area contributed by atoms with Gasteiger partial charge in [-0.2, -0.15) is 0 Å². The van der Waals surface area contributed by atoms with Crippen LogP contribution in [0.5, 0.6) is 11.5 Å². The molecule has 0 saturated carbocycles. The molecular weight excluding hydrogens is 318 g/mol. The molecule has 0 unspecified atom stereocenters. The zero-order valence-electron chi connectivity index (χ0n) is 14.8. The Morgan fingerprint density at radius 3 is 2.12 bits per heavy atom. The van der Waals surface area contributed by atoms with Gasteiger partial charge < -0.3 is 9.47 Å². The first-order valence-electron chi connectivity index (χ1n) is 8.16. The third-order valence-electron chi connectivity index (χ3n) is 4.02. The second-order valence-electron chi connectivity index (χ2n) is 5.80. The fraction of sp³-hybridized carbons (Fsp3) is 0.300. The van der Waals surface area contributed by atoms with E-state index in [0.29, 0.717) is 17.1 Å². The number of ether oxygens (including phenoxy) is 2. The minimum Gasteiger partial charge on any atom is -0.496 e. The van der Waals surface area contributed by atoms with Gasteiger partial charge in [0.15, 0.2) is 0 Å². The van der Waals surface area contributed by atoms with E-state index in [1.54, 1.807) is 14.2 Å². The molecule has 0 amide bonds. The number of aryl methyl sites for hydroxylation is 2. The first-order valence-corrected chi connectivity index (χ1v) is 8.16. The molecule has 0 aliphatic heterocycles. The van der Waals surface area contributed by atoms with E-state index < -0.39 is 4.92 Å². The largest absolute Gasteiger partial charge is 0.496 e. The molecule has 25 heavy (non-hydrogen) atoms. The van der Waals surface area contributed by atoms with Gasteiger partial charge in [0, 0.05) is 13.0 Å². The van der Waals surface area contributed by atoms with E-state index in [2.05, 4.69) is 12.1 Å². The molecule has 0 aliphatic carbocycles. The van der Waals surface area contributed by atoms with Crippen LogP contribution in [0.1, 0.15) is 30.0 Å². The van der Waals surface area contributed by atoms with Crippen molar-refractivity contribution < 1.29 is 14.4 Å². The molecule has 0 heterocycles. The van der Waals surface area contributed by atoms with Crippen molar-refractivity contribution in [3.63, 3.8) is 0 Å². The molecule has 0 aromatic heterocycles. The van der Waals surface area contributed by atoms with Crippen LogP contribution in [0.3, 0.4) is 0 Å². The maximum absolute atomic E-state index is 10.9. The van der Waals surface area contributed by atoms with E-state index in [1.165, 1.54) is 18.6 Å². The van der Waals surface area contributed by atoms with Gasteiger partial charge in [-0.3, -0.25) is 10.1 Å². The van der Waals surface area contributed by atoms with Crippen LogP contribution in [0.2, 0.25) is 0 Å². The maximum atomic E-state index is 10.9. The summed E-state index contributed by atoms with van der Waals surface area (Å²) in [5, 5.41) is 10.9. The average Bonchev–Trinajstić information content (AvgIpc) is 2.63. The quantitative estimate of drug-likeness (QED) is 0.523. The van der Waals surface area contributed by atoms with Crippen LogP contribution >= 0.6 is 0 Å². The summed E-state index contributed by atoms with van der Waals surface area (Å²) in [5.74, 6) is 1.16. The first-order chi connectivity index (χ1) is 12.0. The molecule has 0 aliphatic rings. The Morgan fingerprint density at radius 1 is 1.04 bits per heavy atom. The predicted octanol–water partition coefficient (Wildman–Crippen LogP) is 4.52. The lowest BCUT2D eigenvalue weighted by atomic mass is 10.0. The van der Waals surface area contributed by atoms with Crippen molar-refractivity contribution in [2.75, 3.05) is 14.2 Å². The smallest absolute Gasteiger partial charge is 0.244 e. The van der Waals surface area contributed by atoms with Gasteiger partial charge >= 0.3 is 0 Å². The van der Waals surface area contributed by atoms with Gasteiger partial charge in [-0.25, -0.2) is 0 Å². The van der Waals surface area contributed by atoms with Crippen molar-refractivity contribution in [3.05, 3.63) is 75.0 Å². The van der Waals surface area contributed by atoms with E-state index in [4.69, 9.17) is 9.47 Å². The molecule has 0 saturated heterocycles. The first kappa shape index (κ1) is 18.5. The summed E-state index contributed by atoms with van der Waals surface area (Å²) in [4.78, 5) is 10.5. The van der Waals surface area contributed by atoms with Crippen LogP contribution in [0.4, 0.5) is 0 Å². The highest BCUT2D eigenvalue weighted by Crippen LogP contribution is 2.33. The van der Waals surface area contributed by atoms with Gasteiger partial charge in [0.2, 0.25) is 5.70 Å². The minimum atomic E-state index is -0.424. The molecule has 0 N–H and O–H groups in total. The van der Waals surface area contributed by atoms with Crippen molar-refractivity contribution in [1.82, 2.24) is 0 Å². The fourth-order valence-electron chi connectivity index (χ4n) is 2.68. The summed E-state index contributed by atoms with van der Waals surface area (Å²) in [6.45, 7) is 1.45. The van der Waals surface area contributed by atoms with Crippen molar-refractivity contribution in [2.24, 2.45) is 0 Å². The van der Waals surface area contributed by atoms with Crippen molar-refractivity contribution in [2.45, 2.75) is 26.2 Å². The second kappa shape index (κ2) is 8.87. The minimum absolute atomic E-state index is 0.0356. The summed E-state index contributed by atoms with van der Waals surface area (Å²) in [5.41, 5.74) is 3.02. The number of hydrogen-bond donors (Lipinski definition) is 0. The lowest BCUT2D eigenvalue weighted by molar-refractivity contribution is -0.422. The highest BCUT2D eigenvalue weighted by atomic mass is 16.6. The van der Waals surface area contributed by atoms with E-state index in [9.17, 15) is 10.1 Å². The average molecular weight is 341 g/mol. The molecule has 0 bridgehead atoms. The highest BCUT2D eigenvalue weighted by Gasteiger charge is 2.14. The van der Waals surface area contributed by atoms with Gasteiger partial charge in [-0.1, -0.05) is 30.3 Å². The molecule has 0 fully saturated rings. The van der Waals surface area contributed by atoms with Crippen molar-refractivity contribution >= 4 is 6.08 Å². The Bertz CT molecular complexity index is 729. The number of nitro groups is 1. The van der Waals surface area contributed by atoms with Gasteiger partial charge in [0.05, 0.1) is 24.7 Å². The Balaban J connectivity index is 2.20. The molecule has 2 rings (SSSR count). The van der Waals surface area contributed by atoms with Crippen LogP contribution in [0.15, 0.2) is 48.2 Å². The van der Waals surface area contributed by atoms with Crippen LogP contribution in [0.25, 0.3) is 6.08 Å². The van der Waals surface area contributed by atoms with E-state index >= 15 is 0 Å². The SMILES string of the molecule is COc1cc(CCCc2ccccc2)cc(OC)c1/C=C(\C)[N+](=O)[O-]. The molecule has 0 atom stereocenters. The molecule has 0 spiro atoms. The van der Waals surface area contributed by atoms with Crippen LogP contribution < -0.4 is 9.47 Å². The molecule has 2 aromatic carbocycles. The van der Waals surface area contributed by atoms with Crippen LogP contribution in [0, 0.1) is 10.1 Å². The predicted molar refractivity (Wildman–Crippen MR) is 98.7 cm³/mol. The van der Waals surface area contributed by atoms with Gasteiger partial charge in [0.1, 0.15) is 11.5 Å². The van der Waals surface area contributed by atoms with Gasteiger partial charge in [-0.05, 0) is 42.5 Å². The number of allylic oxidation sites excluding steroid dienone is 1. The third kappa shape index (κ3) is 5.08. The Labute approximate surface area is 148 Å². The number of rotatable bonds is 8. The summed E-state index contributed by atoms with van der Waals surface area (Å²) in [6.07, 6.45) is 4.35. The summed E-state index contributed by atoms with van der Waals surface area (Å²) < 4.78 is 10.9. The molecule has 5 heteroatoms. The van der Waals surface area contributed by atoms with Crippen LogP contribution in [-0.4, -0.2) is 19.1 Å². The lowest BCUT2D eigenvalue weighted by Crippen LogP contribution is -1.99. The topological polar surface area (TPSA) is 61.6 Å². The number of methoxy groups -OCH3 is 2. The van der Waals surface area contributed by atoms with Gasteiger partial charge in [0.25, 0.3) is 0 Å².